The molecule has 1 aliphatic heterocycles. The second-order valence-electron chi connectivity index (χ2n) is 4.08. The van der Waals surface area contributed by atoms with E-state index in [4.69, 9.17) is 14.8 Å². The van der Waals surface area contributed by atoms with Crippen LogP contribution in [0.3, 0.4) is 0 Å². The molecule has 0 aliphatic carbocycles. The number of ether oxygens (including phenoxy) is 1. The fraction of sp³-hybridized carbons (Fsp3) is 0.0714. The zero-order valence-electron chi connectivity index (χ0n) is 9.91. The van der Waals surface area contributed by atoms with Gasteiger partial charge >= 0.3 is 0 Å². The molecule has 0 bridgehead atoms. The molecule has 5 nitrogen and oxygen atoms in total. The minimum Gasteiger partial charge on any atom is -0.457 e. The molecular formula is C14H10N2O3. The van der Waals surface area contributed by atoms with E-state index < -0.39 is 0 Å². The summed E-state index contributed by atoms with van der Waals surface area (Å²) < 4.78 is 5.65. The Morgan fingerprint density at radius 1 is 1.16 bits per heavy atom. The topological polar surface area (TPSA) is 65.7 Å². The molecule has 2 aromatic carbocycles. The van der Waals surface area contributed by atoms with E-state index in [2.05, 4.69) is 0 Å². The second-order valence-corrected chi connectivity index (χ2v) is 4.08. The Labute approximate surface area is 109 Å². The Hall–Kier alpha value is -2.55. The predicted octanol–water partition coefficient (Wildman–Crippen LogP) is 2.99. The zero-order valence-corrected chi connectivity index (χ0v) is 9.91. The second kappa shape index (κ2) is 4.61. The molecule has 0 spiro atoms. The molecule has 0 atom stereocenters. The van der Waals surface area contributed by atoms with Gasteiger partial charge in [-0.1, -0.05) is 6.07 Å². The van der Waals surface area contributed by atoms with Gasteiger partial charge in [0.2, 0.25) is 0 Å². The molecule has 0 radical (unpaired) electrons. The maximum Gasteiger partial charge on any atom is 0.129 e. The van der Waals surface area contributed by atoms with E-state index in [-0.39, 0.29) is 0 Å². The first-order valence-electron chi connectivity index (χ1n) is 5.69. The molecule has 0 aromatic heterocycles. The van der Waals surface area contributed by atoms with E-state index in [1.165, 1.54) is 0 Å². The lowest BCUT2D eigenvalue weighted by atomic mass is 10.2. The maximum atomic E-state index is 9.46. The summed E-state index contributed by atoms with van der Waals surface area (Å²) in [5.41, 5.74) is 2.05. The molecule has 0 saturated carbocycles. The summed E-state index contributed by atoms with van der Waals surface area (Å²) in [5.74, 6) is 1.22. The van der Waals surface area contributed by atoms with E-state index in [1.54, 1.807) is 36.4 Å². The monoisotopic (exact) mass is 254 g/mol. The third kappa shape index (κ3) is 2.22. The smallest absolute Gasteiger partial charge is 0.129 e. The fourth-order valence-corrected chi connectivity index (χ4v) is 1.84. The van der Waals surface area contributed by atoms with Gasteiger partial charge in [-0.05, 0) is 30.3 Å². The predicted molar refractivity (Wildman–Crippen MR) is 66.7 cm³/mol. The Kier molecular flexibility index (Phi) is 2.80. The van der Waals surface area contributed by atoms with Crippen molar-refractivity contribution in [3.63, 3.8) is 0 Å². The van der Waals surface area contributed by atoms with E-state index >= 15 is 0 Å². The summed E-state index contributed by atoms with van der Waals surface area (Å²) in [5, 5.41) is 18.9. The lowest BCUT2D eigenvalue weighted by Gasteiger charge is -2.10. The number of hydrogen-bond donors (Lipinski definition) is 1. The van der Waals surface area contributed by atoms with Crippen LogP contribution >= 0.6 is 0 Å². The van der Waals surface area contributed by atoms with Gasteiger partial charge in [0.05, 0.1) is 11.6 Å². The highest BCUT2D eigenvalue weighted by Gasteiger charge is 2.19. The van der Waals surface area contributed by atoms with Crippen LogP contribution in [0, 0.1) is 11.3 Å². The Morgan fingerprint density at radius 3 is 2.63 bits per heavy atom. The molecule has 3 rings (SSSR count). The average Bonchev–Trinajstić information content (AvgIpc) is 2.81. The largest absolute Gasteiger partial charge is 0.457 e. The highest BCUT2D eigenvalue weighted by atomic mass is 16.9. The number of fused-ring (bicyclic) bond motifs is 1. The van der Waals surface area contributed by atoms with Gasteiger partial charge in [-0.3, -0.25) is 5.21 Å². The summed E-state index contributed by atoms with van der Waals surface area (Å²) in [6.07, 6.45) is 0. The normalized spacial score (nSPS) is 12.9. The number of nitrogens with zero attached hydrogens (tertiary/aromatic N) is 2. The SMILES string of the molecule is N#Cc1ccc(Oc2ccc3c(c2)N(O)OC3)cc1. The number of benzene rings is 2. The molecule has 1 aliphatic rings. The van der Waals surface area contributed by atoms with Crippen LogP contribution in [0.2, 0.25) is 0 Å². The average molecular weight is 254 g/mol. The fourth-order valence-electron chi connectivity index (χ4n) is 1.84. The van der Waals surface area contributed by atoms with Crippen LogP contribution in [0.5, 0.6) is 11.5 Å². The summed E-state index contributed by atoms with van der Waals surface area (Å²) in [7, 11) is 0. The Bertz CT molecular complexity index is 647. The molecule has 19 heavy (non-hydrogen) atoms. The highest BCUT2D eigenvalue weighted by molar-refractivity contribution is 5.56. The highest BCUT2D eigenvalue weighted by Crippen LogP contribution is 2.33. The number of rotatable bonds is 2. The van der Waals surface area contributed by atoms with Crippen LogP contribution in [0.25, 0.3) is 0 Å². The maximum absolute atomic E-state index is 9.46. The van der Waals surface area contributed by atoms with Crippen molar-refractivity contribution < 1.29 is 14.8 Å². The molecule has 0 amide bonds. The summed E-state index contributed by atoms with van der Waals surface area (Å²) in [6.45, 7) is 0.350. The van der Waals surface area contributed by atoms with E-state index in [9.17, 15) is 5.21 Å². The van der Waals surface area contributed by atoms with E-state index in [0.717, 1.165) is 10.8 Å². The summed E-state index contributed by atoms with van der Waals surface area (Å²) >= 11 is 0. The van der Waals surface area contributed by atoms with Gasteiger partial charge in [0.25, 0.3) is 0 Å². The van der Waals surface area contributed by atoms with Gasteiger partial charge in [0.1, 0.15) is 23.8 Å². The van der Waals surface area contributed by atoms with E-state index in [1.807, 2.05) is 12.1 Å². The minimum absolute atomic E-state index is 0.350. The third-order valence-electron chi connectivity index (χ3n) is 2.82. The van der Waals surface area contributed by atoms with Crippen LogP contribution in [-0.2, 0) is 11.4 Å². The Balaban J connectivity index is 1.83. The van der Waals surface area contributed by atoms with Crippen molar-refractivity contribution in [2.75, 3.05) is 5.23 Å². The van der Waals surface area contributed by atoms with E-state index in [0.29, 0.717) is 29.4 Å². The third-order valence-corrected chi connectivity index (χ3v) is 2.82. The van der Waals surface area contributed by atoms with Crippen LogP contribution in [0.1, 0.15) is 11.1 Å². The van der Waals surface area contributed by atoms with Crippen LogP contribution in [-0.4, -0.2) is 5.21 Å². The van der Waals surface area contributed by atoms with Crippen LogP contribution in [0.4, 0.5) is 5.69 Å². The van der Waals surface area contributed by atoms with Gasteiger partial charge in [-0.2, -0.15) is 5.26 Å². The van der Waals surface area contributed by atoms with Crippen LogP contribution < -0.4 is 9.96 Å². The van der Waals surface area contributed by atoms with Crippen molar-refractivity contribution in [3.05, 3.63) is 53.6 Å². The van der Waals surface area contributed by atoms with Crippen LogP contribution in [0.15, 0.2) is 42.5 Å². The van der Waals surface area contributed by atoms with Crippen molar-refractivity contribution in [1.82, 2.24) is 0 Å². The molecule has 1 heterocycles. The molecule has 0 saturated heterocycles. The first kappa shape index (κ1) is 11.5. The molecule has 0 unspecified atom stereocenters. The lowest BCUT2D eigenvalue weighted by molar-refractivity contribution is -0.0329. The molecule has 0 fully saturated rings. The summed E-state index contributed by atoms with van der Waals surface area (Å²) in [6, 6.07) is 14.2. The Morgan fingerprint density at radius 2 is 1.89 bits per heavy atom. The molecule has 2 aromatic rings. The van der Waals surface area contributed by atoms with Crippen molar-refractivity contribution in [1.29, 1.82) is 5.26 Å². The van der Waals surface area contributed by atoms with Gasteiger partial charge in [-0.15, -0.1) is 5.23 Å². The molecule has 1 N–H and O–H groups in total. The summed E-state index contributed by atoms with van der Waals surface area (Å²) in [4.78, 5) is 4.96. The minimum atomic E-state index is 0.350. The molecular weight excluding hydrogens is 244 g/mol. The first-order valence-corrected chi connectivity index (χ1v) is 5.69. The van der Waals surface area contributed by atoms with Crippen molar-refractivity contribution >= 4 is 5.69 Å². The van der Waals surface area contributed by atoms with Crippen molar-refractivity contribution in [2.45, 2.75) is 6.61 Å². The number of nitriles is 1. The molecule has 5 heteroatoms. The van der Waals surface area contributed by atoms with Crippen molar-refractivity contribution in [2.24, 2.45) is 0 Å². The molecule has 94 valence electrons. The number of hydrogen-bond acceptors (Lipinski definition) is 5. The van der Waals surface area contributed by atoms with Gasteiger partial charge < -0.3 is 4.74 Å². The number of anilines is 1. The van der Waals surface area contributed by atoms with Gasteiger partial charge in [0.15, 0.2) is 0 Å². The first-order chi connectivity index (χ1) is 9.26. The van der Waals surface area contributed by atoms with Crippen molar-refractivity contribution in [3.8, 4) is 17.6 Å². The zero-order chi connectivity index (χ0) is 13.2. The quantitative estimate of drug-likeness (QED) is 0.892. The van der Waals surface area contributed by atoms with Gasteiger partial charge in [-0.25, -0.2) is 4.84 Å². The van der Waals surface area contributed by atoms with Gasteiger partial charge in [0, 0.05) is 11.6 Å². The lowest BCUT2D eigenvalue weighted by Crippen LogP contribution is -2.10. The standard InChI is InChI=1S/C14H10N2O3/c15-8-10-1-4-12(5-2-10)19-13-6-3-11-9-18-16(17)14(11)7-13/h1-7,17H,9H2.